The van der Waals surface area contributed by atoms with Gasteiger partial charge in [0, 0.05) is 16.3 Å². The van der Waals surface area contributed by atoms with Crippen LogP contribution in [0.25, 0.3) is 21.8 Å². The Bertz CT molecular complexity index is 953. The van der Waals surface area contributed by atoms with Crippen LogP contribution in [-0.2, 0) is 9.47 Å². The number of benzene rings is 2. The van der Waals surface area contributed by atoms with Gasteiger partial charge in [0.1, 0.15) is 0 Å². The molecule has 0 radical (unpaired) electrons. The first kappa shape index (κ1) is 15.1. The van der Waals surface area contributed by atoms with Crippen molar-refractivity contribution in [3.8, 4) is 0 Å². The van der Waals surface area contributed by atoms with Crippen molar-refractivity contribution in [2.75, 3.05) is 14.2 Å². The maximum atomic E-state index is 12.3. The van der Waals surface area contributed by atoms with Gasteiger partial charge in [0.05, 0.1) is 30.9 Å². The van der Waals surface area contributed by atoms with Gasteiger partial charge in [-0.2, -0.15) is 0 Å². The summed E-state index contributed by atoms with van der Waals surface area (Å²) < 4.78 is 9.76. The van der Waals surface area contributed by atoms with Crippen molar-refractivity contribution in [3.05, 3.63) is 46.5 Å². The number of aryl methyl sites for hydroxylation is 2. The van der Waals surface area contributed by atoms with Crippen molar-refractivity contribution in [3.63, 3.8) is 0 Å². The van der Waals surface area contributed by atoms with Crippen LogP contribution in [0.1, 0.15) is 31.8 Å². The van der Waals surface area contributed by atoms with Crippen LogP contribution < -0.4 is 0 Å². The molecule has 0 spiro atoms. The Balaban J connectivity index is 2.56. The molecule has 1 aromatic heterocycles. The smallest absolute Gasteiger partial charge is 0.339 e. The van der Waals surface area contributed by atoms with Crippen LogP contribution in [0.15, 0.2) is 24.3 Å². The van der Waals surface area contributed by atoms with E-state index >= 15 is 0 Å². The maximum absolute atomic E-state index is 12.3. The Hall–Kier alpha value is -2.82. The fraction of sp³-hybridized carbons (Fsp3) is 0.222. The molecule has 0 saturated heterocycles. The summed E-state index contributed by atoms with van der Waals surface area (Å²) in [5, 5.41) is 1.93. The normalized spacial score (nSPS) is 11.0. The summed E-state index contributed by atoms with van der Waals surface area (Å²) in [4.78, 5) is 27.9. The van der Waals surface area contributed by atoms with Crippen molar-refractivity contribution in [1.82, 2.24) is 4.98 Å². The largest absolute Gasteiger partial charge is 0.465 e. The lowest BCUT2D eigenvalue weighted by atomic mass is 9.92. The molecule has 5 nitrogen and oxygen atoms in total. The van der Waals surface area contributed by atoms with E-state index in [1.54, 1.807) is 6.92 Å². The number of carbonyl (C=O) groups is 2. The zero-order chi connectivity index (χ0) is 16.7. The van der Waals surface area contributed by atoms with E-state index in [9.17, 15) is 9.59 Å². The average Bonchev–Trinajstić information content (AvgIpc) is 2.96. The van der Waals surface area contributed by atoms with Crippen LogP contribution >= 0.6 is 0 Å². The second-order valence-electron chi connectivity index (χ2n) is 5.40. The minimum absolute atomic E-state index is 0.246. The van der Waals surface area contributed by atoms with E-state index in [4.69, 9.17) is 9.47 Å². The van der Waals surface area contributed by atoms with E-state index in [0.29, 0.717) is 11.1 Å². The summed E-state index contributed by atoms with van der Waals surface area (Å²) in [7, 11) is 2.60. The predicted octanol–water partition coefficient (Wildman–Crippen LogP) is 3.51. The fourth-order valence-electron chi connectivity index (χ4n) is 3.15. The molecular weight excluding hydrogens is 294 g/mol. The second kappa shape index (κ2) is 5.43. The number of hydrogen-bond donors (Lipinski definition) is 1. The van der Waals surface area contributed by atoms with E-state index in [1.807, 2.05) is 31.2 Å². The standard InChI is InChI=1S/C18H17NO4/c1-9-13-11-7-5-6-8-12(11)19-16(13)10(2)15(18(21)23-4)14(9)17(20)22-3/h5-8,19H,1-4H3. The van der Waals surface area contributed by atoms with Crippen LogP contribution in [0.3, 0.4) is 0 Å². The summed E-state index contributed by atoms with van der Waals surface area (Å²) in [6, 6.07) is 7.82. The summed E-state index contributed by atoms with van der Waals surface area (Å²) >= 11 is 0. The van der Waals surface area contributed by atoms with E-state index < -0.39 is 11.9 Å². The summed E-state index contributed by atoms with van der Waals surface area (Å²) in [5.74, 6) is -1.09. The first-order valence-corrected chi connectivity index (χ1v) is 7.21. The lowest BCUT2D eigenvalue weighted by Crippen LogP contribution is -2.16. The van der Waals surface area contributed by atoms with Crippen molar-refractivity contribution >= 4 is 33.7 Å². The number of aromatic amines is 1. The Morgan fingerprint density at radius 3 is 2.09 bits per heavy atom. The molecule has 3 rings (SSSR count). The first-order valence-electron chi connectivity index (χ1n) is 7.21. The number of ether oxygens (including phenoxy) is 2. The van der Waals surface area contributed by atoms with Gasteiger partial charge < -0.3 is 14.5 Å². The van der Waals surface area contributed by atoms with Crippen LogP contribution in [0.4, 0.5) is 0 Å². The van der Waals surface area contributed by atoms with Crippen molar-refractivity contribution in [1.29, 1.82) is 0 Å². The van der Waals surface area contributed by atoms with Gasteiger partial charge in [-0.3, -0.25) is 0 Å². The third-order valence-electron chi connectivity index (χ3n) is 4.24. The molecule has 0 unspecified atom stereocenters. The van der Waals surface area contributed by atoms with Gasteiger partial charge in [-0.05, 0) is 31.0 Å². The van der Waals surface area contributed by atoms with Gasteiger partial charge in [0.2, 0.25) is 0 Å². The minimum Gasteiger partial charge on any atom is -0.465 e. The second-order valence-corrected chi connectivity index (χ2v) is 5.40. The zero-order valence-corrected chi connectivity index (χ0v) is 13.4. The molecule has 3 aromatic rings. The molecule has 0 saturated carbocycles. The highest BCUT2D eigenvalue weighted by molar-refractivity contribution is 6.17. The fourth-order valence-corrected chi connectivity index (χ4v) is 3.15. The molecule has 0 fully saturated rings. The van der Waals surface area contributed by atoms with Gasteiger partial charge >= 0.3 is 11.9 Å². The molecule has 0 atom stereocenters. The van der Waals surface area contributed by atoms with Crippen molar-refractivity contribution < 1.29 is 19.1 Å². The number of hydrogen-bond acceptors (Lipinski definition) is 4. The van der Waals surface area contributed by atoms with Crippen LogP contribution in [0.2, 0.25) is 0 Å². The zero-order valence-electron chi connectivity index (χ0n) is 13.4. The monoisotopic (exact) mass is 311 g/mol. The molecule has 0 amide bonds. The first-order chi connectivity index (χ1) is 11.0. The molecule has 0 aliphatic rings. The van der Waals surface area contributed by atoms with E-state index in [0.717, 1.165) is 21.8 Å². The Labute approximate surface area is 133 Å². The summed E-state index contributed by atoms with van der Waals surface area (Å²) in [6.07, 6.45) is 0. The SMILES string of the molecule is COC(=O)c1c(C(=O)OC)c(C)c2c([nH]c3ccccc32)c1C. The number of para-hydroxylation sites is 1. The number of nitrogens with one attached hydrogen (secondary N) is 1. The Morgan fingerprint density at radius 1 is 0.913 bits per heavy atom. The third-order valence-corrected chi connectivity index (χ3v) is 4.24. The number of carbonyl (C=O) groups excluding carboxylic acids is 2. The van der Waals surface area contributed by atoms with Crippen LogP contribution in [0, 0.1) is 13.8 Å². The predicted molar refractivity (Wildman–Crippen MR) is 88.0 cm³/mol. The molecule has 0 aliphatic carbocycles. The van der Waals surface area contributed by atoms with Crippen LogP contribution in [-0.4, -0.2) is 31.1 Å². The number of fused-ring (bicyclic) bond motifs is 3. The number of aromatic nitrogens is 1. The molecule has 2 aromatic carbocycles. The molecule has 5 heteroatoms. The number of methoxy groups -OCH3 is 2. The number of esters is 2. The van der Waals surface area contributed by atoms with Gasteiger partial charge in [0.25, 0.3) is 0 Å². The lowest BCUT2D eigenvalue weighted by molar-refractivity contribution is 0.0554. The molecule has 1 heterocycles. The highest BCUT2D eigenvalue weighted by Gasteiger charge is 2.27. The van der Waals surface area contributed by atoms with Gasteiger partial charge in [-0.1, -0.05) is 18.2 Å². The van der Waals surface area contributed by atoms with Crippen molar-refractivity contribution in [2.45, 2.75) is 13.8 Å². The molecule has 1 N–H and O–H groups in total. The lowest BCUT2D eigenvalue weighted by Gasteiger charge is -2.14. The quantitative estimate of drug-likeness (QED) is 0.735. The van der Waals surface area contributed by atoms with E-state index in [1.165, 1.54) is 14.2 Å². The molecule has 0 bridgehead atoms. The molecule has 0 aliphatic heterocycles. The highest BCUT2D eigenvalue weighted by atomic mass is 16.5. The van der Waals surface area contributed by atoms with Crippen molar-refractivity contribution in [2.24, 2.45) is 0 Å². The maximum Gasteiger partial charge on any atom is 0.339 e. The molecule has 118 valence electrons. The third kappa shape index (κ3) is 2.08. The van der Waals surface area contributed by atoms with Crippen LogP contribution in [0.5, 0.6) is 0 Å². The van der Waals surface area contributed by atoms with E-state index in [2.05, 4.69) is 4.98 Å². The van der Waals surface area contributed by atoms with Gasteiger partial charge in [0.15, 0.2) is 0 Å². The van der Waals surface area contributed by atoms with E-state index in [-0.39, 0.29) is 11.1 Å². The minimum atomic E-state index is -0.549. The van der Waals surface area contributed by atoms with Gasteiger partial charge in [-0.25, -0.2) is 9.59 Å². The average molecular weight is 311 g/mol. The number of H-pyrrole nitrogens is 1. The topological polar surface area (TPSA) is 68.4 Å². The Morgan fingerprint density at radius 2 is 1.48 bits per heavy atom. The number of rotatable bonds is 2. The van der Waals surface area contributed by atoms with Gasteiger partial charge in [-0.15, -0.1) is 0 Å². The summed E-state index contributed by atoms with van der Waals surface area (Å²) in [5.41, 5.74) is 3.66. The highest BCUT2D eigenvalue weighted by Crippen LogP contribution is 2.35. The molecule has 23 heavy (non-hydrogen) atoms. The molecular formula is C18H17NO4. The Kier molecular flexibility index (Phi) is 3.56. The summed E-state index contributed by atoms with van der Waals surface area (Å²) in [6.45, 7) is 3.62.